The van der Waals surface area contributed by atoms with Gasteiger partial charge in [-0.2, -0.15) is 0 Å². The van der Waals surface area contributed by atoms with Gasteiger partial charge in [-0.25, -0.2) is 0 Å². The van der Waals surface area contributed by atoms with E-state index < -0.39 is 0 Å². The Labute approximate surface area is 320 Å². The van der Waals surface area contributed by atoms with Crippen LogP contribution in [-0.4, -0.2) is 4.57 Å². The third kappa shape index (κ3) is 4.60. The fourth-order valence-electron chi connectivity index (χ4n) is 9.73. The van der Waals surface area contributed by atoms with Gasteiger partial charge in [0.2, 0.25) is 0 Å². The highest BCUT2D eigenvalue weighted by Crippen LogP contribution is 2.50. The molecule has 256 valence electrons. The lowest BCUT2D eigenvalue weighted by Gasteiger charge is -2.15. The van der Waals surface area contributed by atoms with Gasteiger partial charge in [0.25, 0.3) is 0 Å². The number of nitrogens with zero attached hydrogens (tertiary/aromatic N) is 1. The van der Waals surface area contributed by atoms with Gasteiger partial charge in [-0.05, 0) is 121 Å². The van der Waals surface area contributed by atoms with E-state index in [0.29, 0.717) is 0 Å². The van der Waals surface area contributed by atoms with Crippen LogP contribution in [0.2, 0.25) is 0 Å². The molecule has 55 heavy (non-hydrogen) atoms. The Morgan fingerprint density at radius 2 is 1.04 bits per heavy atom. The van der Waals surface area contributed by atoms with Crippen molar-refractivity contribution in [2.75, 3.05) is 0 Å². The van der Waals surface area contributed by atoms with Gasteiger partial charge >= 0.3 is 0 Å². The Bertz CT molecular complexity index is 3160. The van der Waals surface area contributed by atoms with Crippen molar-refractivity contribution in [2.24, 2.45) is 0 Å². The van der Waals surface area contributed by atoms with Gasteiger partial charge in [-0.15, -0.1) is 0 Å². The molecule has 12 rings (SSSR count). The highest BCUT2D eigenvalue weighted by molar-refractivity contribution is 6.13. The van der Waals surface area contributed by atoms with Gasteiger partial charge in [0, 0.05) is 22.1 Å². The molecule has 0 spiro atoms. The Morgan fingerprint density at radius 1 is 0.364 bits per heavy atom. The Morgan fingerprint density at radius 3 is 1.95 bits per heavy atom. The summed E-state index contributed by atoms with van der Waals surface area (Å²) in [6.45, 7) is 0. The van der Waals surface area contributed by atoms with Gasteiger partial charge < -0.3 is 4.57 Å². The molecule has 10 aromatic rings. The fourth-order valence-corrected chi connectivity index (χ4v) is 9.73. The Hall–Kier alpha value is -6.96. The van der Waals surface area contributed by atoms with E-state index in [1.807, 2.05) is 0 Å². The van der Waals surface area contributed by atoms with E-state index in [0.717, 1.165) is 6.42 Å². The van der Waals surface area contributed by atoms with Gasteiger partial charge in [0.15, 0.2) is 0 Å². The molecule has 0 radical (unpaired) electrons. The molecule has 1 aromatic heterocycles. The SMILES string of the molecule is c1ccc(-c2ccc(C3c4ccccc4-c4cc(-c5ccc6c(c5)c5cc7c(cc5n6-c5cccc6ccccc56)Cc5ccccc5-7)ccc43)cc2)cc1. The monoisotopic (exact) mass is 697 g/mol. The molecule has 0 saturated heterocycles. The number of hydrogen-bond donors (Lipinski definition) is 0. The molecular weight excluding hydrogens is 663 g/mol. The summed E-state index contributed by atoms with van der Waals surface area (Å²) in [5.74, 6) is 0.205. The summed E-state index contributed by atoms with van der Waals surface area (Å²) in [7, 11) is 0. The molecule has 1 nitrogen and oxygen atoms in total. The van der Waals surface area contributed by atoms with Gasteiger partial charge in [-0.3, -0.25) is 0 Å². The first kappa shape index (κ1) is 30.5. The molecule has 0 aliphatic heterocycles. The van der Waals surface area contributed by atoms with E-state index >= 15 is 0 Å². The highest BCUT2D eigenvalue weighted by atomic mass is 15.0. The number of rotatable bonds is 4. The van der Waals surface area contributed by atoms with Crippen molar-refractivity contribution in [2.45, 2.75) is 12.3 Å². The molecule has 0 fully saturated rings. The lowest BCUT2D eigenvalue weighted by Crippen LogP contribution is -1.99. The molecule has 1 atom stereocenters. The second-order valence-electron chi connectivity index (χ2n) is 15.2. The van der Waals surface area contributed by atoms with Crippen molar-refractivity contribution >= 4 is 32.6 Å². The molecule has 0 bridgehead atoms. The minimum absolute atomic E-state index is 0.205. The van der Waals surface area contributed by atoms with Crippen molar-refractivity contribution in [3.05, 3.63) is 222 Å². The average Bonchev–Trinajstić information content (AvgIpc) is 3.89. The number of benzene rings is 9. The third-order valence-electron chi connectivity index (χ3n) is 12.3. The van der Waals surface area contributed by atoms with Crippen LogP contribution in [-0.2, 0) is 6.42 Å². The molecule has 1 heteroatoms. The Balaban J connectivity index is 1.03. The standard InChI is InChI=1S/C54H35N/c1-2-11-34(12-3-1)35-21-23-37(24-22-35)54-45-19-9-8-18-44(45)48-30-38(25-27-46(48)54)39-26-28-52-49(31-39)50-33-47-41(29-40-14-5-6-16-42(40)47)32-53(50)55(52)51-20-10-15-36-13-4-7-17-43(36)51/h1-28,30-33,54H,29H2. The second-order valence-corrected chi connectivity index (χ2v) is 15.2. The van der Waals surface area contributed by atoms with E-state index in [2.05, 4.69) is 199 Å². The topological polar surface area (TPSA) is 4.93 Å². The summed E-state index contributed by atoms with van der Waals surface area (Å²) in [6, 6.07) is 72.4. The molecule has 2 aliphatic rings. The molecule has 1 heterocycles. The smallest absolute Gasteiger partial charge is 0.0544 e. The van der Waals surface area contributed by atoms with Crippen LogP contribution in [0.25, 0.3) is 82.8 Å². The molecule has 1 unspecified atom stereocenters. The zero-order chi connectivity index (χ0) is 36.0. The first-order valence-electron chi connectivity index (χ1n) is 19.3. The summed E-state index contributed by atoms with van der Waals surface area (Å²) >= 11 is 0. The highest BCUT2D eigenvalue weighted by Gasteiger charge is 2.30. The number of aromatic nitrogens is 1. The maximum absolute atomic E-state index is 2.51. The van der Waals surface area contributed by atoms with Gasteiger partial charge in [0.05, 0.1) is 16.7 Å². The van der Waals surface area contributed by atoms with Crippen LogP contribution < -0.4 is 0 Å². The van der Waals surface area contributed by atoms with E-state index in [-0.39, 0.29) is 5.92 Å². The Kier molecular flexibility index (Phi) is 6.53. The fraction of sp³-hybridized carbons (Fsp3) is 0.0370. The molecule has 2 aliphatic carbocycles. The molecule has 0 N–H and O–H groups in total. The van der Waals surface area contributed by atoms with E-state index in [4.69, 9.17) is 0 Å². The van der Waals surface area contributed by atoms with Crippen LogP contribution in [0.15, 0.2) is 194 Å². The van der Waals surface area contributed by atoms with Crippen LogP contribution in [0, 0.1) is 0 Å². The minimum atomic E-state index is 0.205. The normalized spacial score (nSPS) is 13.9. The van der Waals surface area contributed by atoms with Crippen LogP contribution in [0.4, 0.5) is 0 Å². The zero-order valence-electron chi connectivity index (χ0n) is 30.2. The van der Waals surface area contributed by atoms with E-state index in [1.165, 1.54) is 111 Å². The predicted molar refractivity (Wildman–Crippen MR) is 230 cm³/mol. The van der Waals surface area contributed by atoms with E-state index in [9.17, 15) is 0 Å². The largest absolute Gasteiger partial charge is 0.309 e. The van der Waals surface area contributed by atoms with Crippen molar-refractivity contribution in [3.8, 4) is 50.2 Å². The lowest BCUT2D eigenvalue weighted by atomic mass is 9.88. The zero-order valence-corrected chi connectivity index (χ0v) is 30.2. The minimum Gasteiger partial charge on any atom is -0.309 e. The van der Waals surface area contributed by atoms with Crippen LogP contribution in [0.1, 0.15) is 33.7 Å². The average molecular weight is 698 g/mol. The van der Waals surface area contributed by atoms with Crippen molar-refractivity contribution in [3.63, 3.8) is 0 Å². The van der Waals surface area contributed by atoms with Crippen molar-refractivity contribution in [1.82, 2.24) is 4.57 Å². The van der Waals surface area contributed by atoms with Gasteiger partial charge in [-0.1, -0.05) is 158 Å². The van der Waals surface area contributed by atoms with Crippen LogP contribution in [0.3, 0.4) is 0 Å². The lowest BCUT2D eigenvalue weighted by molar-refractivity contribution is 1.02. The molecule has 0 saturated carbocycles. The third-order valence-corrected chi connectivity index (χ3v) is 12.3. The van der Waals surface area contributed by atoms with Crippen molar-refractivity contribution in [1.29, 1.82) is 0 Å². The predicted octanol–water partition coefficient (Wildman–Crippen LogP) is 14.0. The van der Waals surface area contributed by atoms with Crippen LogP contribution >= 0.6 is 0 Å². The second kappa shape index (κ2) is 11.8. The summed E-state index contributed by atoms with van der Waals surface area (Å²) < 4.78 is 2.51. The summed E-state index contributed by atoms with van der Waals surface area (Å²) in [6.07, 6.45) is 0.971. The van der Waals surface area contributed by atoms with Gasteiger partial charge in [0.1, 0.15) is 0 Å². The summed E-state index contributed by atoms with van der Waals surface area (Å²) in [5, 5.41) is 5.10. The number of fused-ring (bicyclic) bond motifs is 10. The molecular formula is C54H35N. The maximum atomic E-state index is 2.51. The first-order valence-corrected chi connectivity index (χ1v) is 19.3. The first-order chi connectivity index (χ1) is 27.3. The summed E-state index contributed by atoms with van der Waals surface area (Å²) in [5.41, 5.74) is 21.0. The molecule has 0 amide bonds. The molecule has 9 aromatic carbocycles. The van der Waals surface area contributed by atoms with Crippen molar-refractivity contribution < 1.29 is 0 Å². The maximum Gasteiger partial charge on any atom is 0.0544 e. The van der Waals surface area contributed by atoms with Crippen LogP contribution in [0.5, 0.6) is 0 Å². The van der Waals surface area contributed by atoms with E-state index in [1.54, 1.807) is 0 Å². The quantitative estimate of drug-likeness (QED) is 0.173. The number of hydrogen-bond acceptors (Lipinski definition) is 0. The summed E-state index contributed by atoms with van der Waals surface area (Å²) in [4.78, 5) is 0.